The molecular weight excluding hydrogens is 336 g/mol. The highest BCUT2D eigenvalue weighted by atomic mass is 16.5. The number of amides is 3. The molecule has 0 saturated carbocycles. The third kappa shape index (κ3) is 2.75. The number of rotatable bonds is 3. The van der Waals surface area contributed by atoms with Gasteiger partial charge in [-0.15, -0.1) is 0 Å². The lowest BCUT2D eigenvalue weighted by Gasteiger charge is -2.36. The number of guanidine groups is 1. The number of morpholine rings is 1. The maximum Gasteiger partial charge on any atom is 0.325 e. The van der Waals surface area contributed by atoms with Crippen molar-refractivity contribution in [2.45, 2.75) is 45.2 Å². The van der Waals surface area contributed by atoms with Gasteiger partial charge < -0.3 is 19.4 Å². The van der Waals surface area contributed by atoms with Crippen molar-refractivity contribution in [3.05, 3.63) is 11.9 Å². The number of hydrogen-bond donors (Lipinski definition) is 1. The molecule has 26 heavy (non-hydrogen) atoms. The molecule has 4 aliphatic rings. The predicted octanol–water partition coefficient (Wildman–Crippen LogP) is -0.180. The molecule has 0 aromatic rings. The molecule has 0 spiro atoms. The zero-order chi connectivity index (χ0) is 18.6. The number of nitrogens with one attached hydrogen (secondary N) is 1. The van der Waals surface area contributed by atoms with Crippen molar-refractivity contribution in [3.8, 4) is 0 Å². The number of likely N-dealkylation sites (N-methyl/N-ethyl adjacent to an activating group) is 1. The Morgan fingerprint density at radius 3 is 2.62 bits per heavy atom. The molecular formula is C17H26N6O3. The van der Waals surface area contributed by atoms with E-state index in [1.807, 2.05) is 18.0 Å². The summed E-state index contributed by atoms with van der Waals surface area (Å²) in [6.07, 6.45) is 1.96. The van der Waals surface area contributed by atoms with Crippen LogP contribution in [-0.4, -0.2) is 95.1 Å². The Balaban J connectivity index is 1.48. The van der Waals surface area contributed by atoms with Gasteiger partial charge in [0.2, 0.25) is 5.96 Å². The average Bonchev–Trinajstić information content (AvgIpc) is 3.05. The average molecular weight is 362 g/mol. The van der Waals surface area contributed by atoms with Crippen LogP contribution in [0.5, 0.6) is 0 Å². The second-order valence-electron chi connectivity index (χ2n) is 7.54. The first-order chi connectivity index (χ1) is 12.3. The number of imide groups is 1. The molecule has 4 aliphatic heterocycles. The van der Waals surface area contributed by atoms with E-state index >= 15 is 0 Å². The van der Waals surface area contributed by atoms with Gasteiger partial charge in [0.05, 0.1) is 12.2 Å². The lowest BCUT2D eigenvalue weighted by atomic mass is 10.1. The number of nitrogens with zero attached hydrogens (tertiary/aromatic N) is 5. The number of hydrogen-bond acceptors (Lipinski definition) is 7. The molecule has 9 nitrogen and oxygen atoms in total. The van der Waals surface area contributed by atoms with Crippen LogP contribution in [0, 0.1) is 0 Å². The SMILES string of the molecule is CC1=CN2C(=NC3C2C(=O)NC(=O)N3C)N1CCN1CC(C)OC(C)C1. The number of ether oxygens (including phenoxy) is 1. The van der Waals surface area contributed by atoms with Crippen LogP contribution in [0.25, 0.3) is 0 Å². The lowest BCUT2D eigenvalue weighted by molar-refractivity contribution is -0.126. The van der Waals surface area contributed by atoms with Gasteiger partial charge in [0.25, 0.3) is 5.91 Å². The summed E-state index contributed by atoms with van der Waals surface area (Å²) < 4.78 is 5.80. The fourth-order valence-electron chi connectivity index (χ4n) is 4.23. The Hall–Kier alpha value is -2.13. The Morgan fingerprint density at radius 1 is 1.23 bits per heavy atom. The summed E-state index contributed by atoms with van der Waals surface area (Å²) in [5, 5.41) is 2.40. The van der Waals surface area contributed by atoms with Gasteiger partial charge in [0.1, 0.15) is 0 Å². The van der Waals surface area contributed by atoms with Crippen molar-refractivity contribution in [1.29, 1.82) is 0 Å². The minimum Gasteiger partial charge on any atom is -0.373 e. The van der Waals surface area contributed by atoms with Crippen LogP contribution in [0.4, 0.5) is 4.79 Å². The smallest absolute Gasteiger partial charge is 0.325 e. The first-order valence-electron chi connectivity index (χ1n) is 9.12. The summed E-state index contributed by atoms with van der Waals surface area (Å²) in [5.74, 6) is 0.460. The van der Waals surface area contributed by atoms with E-state index < -0.39 is 18.2 Å². The number of aliphatic imine (C=N–C) groups is 1. The fourth-order valence-corrected chi connectivity index (χ4v) is 4.23. The molecule has 9 heteroatoms. The van der Waals surface area contributed by atoms with Gasteiger partial charge in [-0.3, -0.25) is 15.0 Å². The van der Waals surface area contributed by atoms with Gasteiger partial charge in [-0.25, -0.2) is 9.79 Å². The van der Waals surface area contributed by atoms with Crippen molar-refractivity contribution in [2.24, 2.45) is 4.99 Å². The highest BCUT2D eigenvalue weighted by Crippen LogP contribution is 2.31. The van der Waals surface area contributed by atoms with Crippen LogP contribution in [0.15, 0.2) is 16.9 Å². The van der Waals surface area contributed by atoms with E-state index in [1.165, 1.54) is 4.90 Å². The normalized spacial score (nSPS) is 34.5. The minimum atomic E-state index is -0.490. The number of carbonyl (C=O) groups is 2. The van der Waals surface area contributed by atoms with Gasteiger partial charge in [0, 0.05) is 45.1 Å². The maximum atomic E-state index is 12.3. The highest BCUT2D eigenvalue weighted by Gasteiger charge is 2.51. The molecule has 0 aromatic heterocycles. The molecule has 4 unspecified atom stereocenters. The molecule has 142 valence electrons. The maximum absolute atomic E-state index is 12.3. The van der Waals surface area contributed by atoms with E-state index in [0.29, 0.717) is 0 Å². The zero-order valence-electron chi connectivity index (χ0n) is 15.7. The minimum absolute atomic E-state index is 0.237. The quantitative estimate of drug-likeness (QED) is 0.750. The van der Waals surface area contributed by atoms with Crippen LogP contribution < -0.4 is 5.32 Å². The van der Waals surface area contributed by atoms with Gasteiger partial charge >= 0.3 is 6.03 Å². The van der Waals surface area contributed by atoms with Crippen molar-refractivity contribution in [2.75, 3.05) is 33.2 Å². The molecule has 4 rings (SSSR count). The Labute approximate surface area is 153 Å². The molecule has 2 fully saturated rings. The van der Waals surface area contributed by atoms with Crippen molar-refractivity contribution in [3.63, 3.8) is 0 Å². The number of allylic oxidation sites excluding steroid dienone is 1. The van der Waals surface area contributed by atoms with E-state index in [9.17, 15) is 9.59 Å². The van der Waals surface area contributed by atoms with E-state index in [1.54, 1.807) is 7.05 Å². The summed E-state index contributed by atoms with van der Waals surface area (Å²) in [5.41, 5.74) is 1.06. The summed E-state index contributed by atoms with van der Waals surface area (Å²) in [7, 11) is 1.67. The topological polar surface area (TPSA) is 80.7 Å². The van der Waals surface area contributed by atoms with Gasteiger partial charge in [-0.2, -0.15) is 0 Å². The van der Waals surface area contributed by atoms with Crippen LogP contribution in [-0.2, 0) is 9.53 Å². The lowest BCUT2D eigenvalue weighted by Crippen LogP contribution is -2.62. The van der Waals surface area contributed by atoms with Crippen LogP contribution in [0.1, 0.15) is 20.8 Å². The molecule has 4 atom stereocenters. The highest BCUT2D eigenvalue weighted by molar-refractivity contribution is 6.04. The molecule has 0 radical (unpaired) electrons. The summed E-state index contributed by atoms with van der Waals surface area (Å²) in [4.78, 5) is 36.8. The molecule has 1 N–H and O–H groups in total. The standard InChI is InChI=1S/C17H26N6O3/c1-10-7-23-13-14(20(4)17(25)19-15(13)24)18-16(23)22(10)6-5-21-8-11(2)26-12(3)9-21/h7,11-14H,5-6,8-9H2,1-4H3,(H,19,24,25). The first kappa shape index (κ1) is 17.3. The zero-order valence-corrected chi connectivity index (χ0v) is 15.7. The molecule has 4 heterocycles. The van der Waals surface area contributed by atoms with Crippen LogP contribution in [0.2, 0.25) is 0 Å². The number of carbonyl (C=O) groups excluding carboxylic acids is 2. The molecule has 3 amide bonds. The van der Waals surface area contributed by atoms with Crippen molar-refractivity contribution in [1.82, 2.24) is 24.9 Å². The molecule has 0 aliphatic carbocycles. The Morgan fingerprint density at radius 2 is 1.92 bits per heavy atom. The van der Waals surface area contributed by atoms with E-state index in [2.05, 4.69) is 29.0 Å². The van der Waals surface area contributed by atoms with Gasteiger partial charge in [0.15, 0.2) is 12.2 Å². The van der Waals surface area contributed by atoms with Gasteiger partial charge in [-0.05, 0) is 20.8 Å². The summed E-state index contributed by atoms with van der Waals surface area (Å²) in [6, 6.07) is -0.888. The fraction of sp³-hybridized carbons (Fsp3) is 0.706. The largest absolute Gasteiger partial charge is 0.373 e. The summed E-state index contributed by atoms with van der Waals surface area (Å²) in [6.45, 7) is 9.74. The molecule has 0 bridgehead atoms. The van der Waals surface area contributed by atoms with E-state index in [0.717, 1.165) is 37.8 Å². The monoisotopic (exact) mass is 362 g/mol. The third-order valence-corrected chi connectivity index (χ3v) is 5.40. The van der Waals surface area contributed by atoms with E-state index in [-0.39, 0.29) is 18.1 Å². The van der Waals surface area contributed by atoms with Crippen molar-refractivity contribution >= 4 is 17.9 Å². The number of fused-ring (bicyclic) bond motifs is 3. The Bertz CT molecular complexity index is 682. The predicted molar refractivity (Wildman–Crippen MR) is 95.1 cm³/mol. The van der Waals surface area contributed by atoms with E-state index in [4.69, 9.17) is 9.73 Å². The van der Waals surface area contributed by atoms with Crippen LogP contribution in [0.3, 0.4) is 0 Å². The second-order valence-corrected chi connectivity index (χ2v) is 7.54. The van der Waals surface area contributed by atoms with Crippen molar-refractivity contribution < 1.29 is 14.3 Å². The second kappa shape index (κ2) is 6.24. The molecule has 2 saturated heterocycles. The third-order valence-electron chi connectivity index (χ3n) is 5.40. The molecule has 0 aromatic carbocycles. The van der Waals surface area contributed by atoms with Gasteiger partial charge in [-0.1, -0.05) is 0 Å². The number of urea groups is 1. The Kier molecular flexibility index (Phi) is 4.15. The summed E-state index contributed by atoms with van der Waals surface area (Å²) >= 11 is 0. The first-order valence-corrected chi connectivity index (χ1v) is 9.12. The van der Waals surface area contributed by atoms with Crippen LogP contribution >= 0.6 is 0 Å².